The third kappa shape index (κ3) is 3.28. The monoisotopic (exact) mass is 505 g/mol. The molecule has 2 unspecified atom stereocenters. The standard InChI is InChI=1S/C29H31NO7/c1-16(18-7-5-4-6-8-18)26(32)35-17(2)27(33)36-21-11-12-29(34)22-15-19-9-10-20(31)24-23(19)28(29,25(21)37-24)13-14-30(22)3/h4-11,16-17,22,25,31,34H,12-15H2,1-3H3/t16-,17-,22+,25?,28?,29+/m0/s1. The second kappa shape index (κ2) is 8.33. The van der Waals surface area contributed by atoms with Crippen LogP contribution in [-0.2, 0) is 30.9 Å². The maximum atomic E-state index is 13.1. The van der Waals surface area contributed by atoms with Crippen molar-refractivity contribution in [3.63, 3.8) is 0 Å². The van der Waals surface area contributed by atoms with Crippen LogP contribution in [0, 0.1) is 0 Å². The van der Waals surface area contributed by atoms with Gasteiger partial charge in [-0.2, -0.15) is 0 Å². The fraction of sp³-hybridized carbons (Fsp3) is 0.448. The topological polar surface area (TPSA) is 106 Å². The van der Waals surface area contributed by atoms with Crippen LogP contribution in [0.2, 0.25) is 0 Å². The smallest absolute Gasteiger partial charge is 0.352 e. The van der Waals surface area contributed by atoms with Crippen LogP contribution < -0.4 is 4.74 Å². The summed E-state index contributed by atoms with van der Waals surface area (Å²) >= 11 is 0. The van der Waals surface area contributed by atoms with Gasteiger partial charge in [-0.15, -0.1) is 0 Å². The van der Waals surface area contributed by atoms with Crippen LogP contribution in [0.25, 0.3) is 0 Å². The molecule has 0 saturated carbocycles. The first kappa shape index (κ1) is 24.0. The van der Waals surface area contributed by atoms with Crippen molar-refractivity contribution in [1.82, 2.24) is 4.90 Å². The molecule has 2 bridgehead atoms. The number of nitrogens with zero attached hydrogens (tertiary/aromatic N) is 1. The van der Waals surface area contributed by atoms with E-state index in [0.29, 0.717) is 18.6 Å². The predicted octanol–water partition coefficient (Wildman–Crippen LogP) is 2.95. The van der Waals surface area contributed by atoms with Gasteiger partial charge in [0.25, 0.3) is 0 Å². The molecule has 0 aromatic heterocycles. The van der Waals surface area contributed by atoms with Crippen molar-refractivity contribution in [2.45, 2.75) is 68.3 Å². The molecule has 0 radical (unpaired) electrons. The number of hydrogen-bond donors (Lipinski definition) is 2. The fourth-order valence-corrected chi connectivity index (χ4v) is 6.84. The van der Waals surface area contributed by atoms with Gasteiger partial charge in [0, 0.05) is 18.0 Å². The minimum absolute atomic E-state index is 0.00475. The highest BCUT2D eigenvalue weighted by atomic mass is 16.6. The summed E-state index contributed by atoms with van der Waals surface area (Å²) in [7, 11) is 2.01. The minimum Gasteiger partial charge on any atom is -0.504 e. The Morgan fingerprint density at radius 1 is 1.14 bits per heavy atom. The molecule has 2 aromatic carbocycles. The number of hydrogen-bond acceptors (Lipinski definition) is 8. The number of aromatic hydroxyl groups is 1. The summed E-state index contributed by atoms with van der Waals surface area (Å²) in [6.45, 7) is 3.94. The van der Waals surface area contributed by atoms with Crippen LogP contribution in [0.5, 0.6) is 11.5 Å². The second-order valence-corrected chi connectivity index (χ2v) is 10.7. The van der Waals surface area contributed by atoms with E-state index < -0.39 is 41.1 Å². The minimum atomic E-state index is -1.14. The summed E-state index contributed by atoms with van der Waals surface area (Å²) in [6, 6.07) is 12.6. The van der Waals surface area contributed by atoms with Crippen LogP contribution >= 0.6 is 0 Å². The largest absolute Gasteiger partial charge is 0.504 e. The van der Waals surface area contributed by atoms with E-state index in [0.717, 1.165) is 23.2 Å². The molecule has 2 aliphatic heterocycles. The molecule has 194 valence electrons. The van der Waals surface area contributed by atoms with Gasteiger partial charge in [0.05, 0.1) is 16.9 Å². The molecule has 2 aromatic rings. The van der Waals surface area contributed by atoms with Gasteiger partial charge in [-0.1, -0.05) is 36.4 Å². The van der Waals surface area contributed by atoms with Crippen LogP contribution in [0.4, 0.5) is 0 Å². The molecule has 6 atom stereocenters. The number of carbonyl (C=O) groups is 2. The quantitative estimate of drug-likeness (QED) is 0.598. The molecule has 4 aliphatic rings. The first-order chi connectivity index (χ1) is 17.7. The molecular weight excluding hydrogens is 474 g/mol. The lowest BCUT2D eigenvalue weighted by molar-refractivity contribution is -0.175. The van der Waals surface area contributed by atoms with Crippen LogP contribution in [-0.4, -0.2) is 64.5 Å². The van der Waals surface area contributed by atoms with Crippen molar-refractivity contribution in [1.29, 1.82) is 0 Å². The summed E-state index contributed by atoms with van der Waals surface area (Å²) < 4.78 is 17.6. The van der Waals surface area contributed by atoms with Gasteiger partial charge in [0.2, 0.25) is 0 Å². The number of carbonyl (C=O) groups excluding carboxylic acids is 2. The predicted molar refractivity (Wildman–Crippen MR) is 133 cm³/mol. The number of aliphatic hydroxyl groups is 1. The van der Waals surface area contributed by atoms with Gasteiger partial charge in [0.1, 0.15) is 5.76 Å². The average Bonchev–Trinajstić information content (AvgIpc) is 3.25. The van der Waals surface area contributed by atoms with E-state index in [1.165, 1.54) is 6.92 Å². The van der Waals surface area contributed by atoms with Gasteiger partial charge in [0.15, 0.2) is 23.7 Å². The Labute approximate surface area is 215 Å². The highest BCUT2D eigenvalue weighted by Crippen LogP contribution is 2.65. The van der Waals surface area contributed by atoms with E-state index in [4.69, 9.17) is 14.2 Å². The molecule has 8 nitrogen and oxygen atoms in total. The molecule has 6 rings (SSSR count). The number of likely N-dealkylation sites (tertiary alicyclic amines) is 1. The Morgan fingerprint density at radius 2 is 1.89 bits per heavy atom. The summed E-state index contributed by atoms with van der Waals surface area (Å²) in [5.41, 5.74) is 0.653. The number of benzene rings is 2. The van der Waals surface area contributed by atoms with Gasteiger partial charge >= 0.3 is 11.9 Å². The lowest BCUT2D eigenvalue weighted by Crippen LogP contribution is -2.74. The Bertz CT molecular complexity index is 1310. The zero-order chi connectivity index (χ0) is 26.1. The fourth-order valence-electron chi connectivity index (χ4n) is 6.84. The van der Waals surface area contributed by atoms with Gasteiger partial charge in [-0.05, 0) is 63.6 Å². The Balaban J connectivity index is 1.27. The van der Waals surface area contributed by atoms with Crippen molar-refractivity contribution in [2.75, 3.05) is 13.6 Å². The number of ether oxygens (including phenoxy) is 3. The van der Waals surface area contributed by atoms with Crippen LogP contribution in [0.1, 0.15) is 49.3 Å². The van der Waals surface area contributed by atoms with Crippen molar-refractivity contribution >= 4 is 11.9 Å². The second-order valence-electron chi connectivity index (χ2n) is 10.7. The molecule has 0 amide bonds. The third-order valence-electron chi connectivity index (χ3n) is 8.85. The first-order valence-corrected chi connectivity index (χ1v) is 12.8. The van der Waals surface area contributed by atoms with Crippen LogP contribution in [0.3, 0.4) is 0 Å². The third-order valence-corrected chi connectivity index (χ3v) is 8.85. The zero-order valence-corrected chi connectivity index (χ0v) is 21.1. The zero-order valence-electron chi connectivity index (χ0n) is 21.1. The van der Waals surface area contributed by atoms with Crippen molar-refractivity contribution in [3.05, 3.63) is 71.0 Å². The number of likely N-dealkylation sites (N-methyl/N-ethyl adjacent to an activating group) is 1. The first-order valence-electron chi connectivity index (χ1n) is 12.8. The summed E-state index contributed by atoms with van der Waals surface area (Å²) in [5, 5.41) is 22.8. The SMILES string of the molecule is C[C@H](OC(=O)[C@@H](C)c1ccccc1)C(=O)OC1=CC[C@@]2(O)[C@H]3Cc4ccc(O)c5c4C2(CCN3C)C1O5. The lowest BCUT2D eigenvalue weighted by Gasteiger charge is -2.61. The van der Waals surface area contributed by atoms with Crippen molar-refractivity contribution in [3.8, 4) is 11.5 Å². The van der Waals surface area contributed by atoms with E-state index in [-0.39, 0.29) is 24.0 Å². The molecular formula is C29H31NO7. The molecule has 1 fully saturated rings. The highest BCUT2D eigenvalue weighted by Gasteiger charge is 2.72. The Kier molecular flexibility index (Phi) is 5.40. The number of phenols is 1. The number of piperidine rings is 1. The van der Waals surface area contributed by atoms with E-state index in [2.05, 4.69) is 4.90 Å². The van der Waals surface area contributed by atoms with E-state index in [9.17, 15) is 19.8 Å². The highest BCUT2D eigenvalue weighted by molar-refractivity contribution is 5.83. The van der Waals surface area contributed by atoms with Crippen LogP contribution in [0.15, 0.2) is 54.3 Å². The molecule has 2 heterocycles. The summed E-state index contributed by atoms with van der Waals surface area (Å²) in [4.78, 5) is 27.9. The maximum Gasteiger partial charge on any atom is 0.352 e. The summed E-state index contributed by atoms with van der Waals surface area (Å²) in [5.74, 6) is -1.14. The molecule has 8 heteroatoms. The summed E-state index contributed by atoms with van der Waals surface area (Å²) in [6.07, 6.45) is 1.30. The van der Waals surface area contributed by atoms with Crippen molar-refractivity contribution in [2.24, 2.45) is 0 Å². The van der Waals surface area contributed by atoms with Crippen molar-refractivity contribution < 1.29 is 34.0 Å². The number of esters is 2. The molecule has 1 saturated heterocycles. The van der Waals surface area contributed by atoms with E-state index >= 15 is 0 Å². The van der Waals surface area contributed by atoms with Gasteiger partial charge < -0.3 is 29.3 Å². The van der Waals surface area contributed by atoms with Gasteiger partial charge in [-0.25, -0.2) is 4.79 Å². The Hall–Kier alpha value is -3.36. The molecule has 2 N–H and O–H groups in total. The molecule has 1 spiro atoms. The number of phenolic OH excluding ortho intramolecular Hbond substituents is 1. The van der Waals surface area contributed by atoms with E-state index in [1.54, 1.807) is 19.1 Å². The molecule has 37 heavy (non-hydrogen) atoms. The molecule has 2 aliphatic carbocycles. The maximum absolute atomic E-state index is 13.1. The normalized spacial score (nSPS) is 30.9. The Morgan fingerprint density at radius 3 is 2.65 bits per heavy atom. The van der Waals surface area contributed by atoms with E-state index in [1.807, 2.05) is 43.4 Å². The average molecular weight is 506 g/mol. The van der Waals surface area contributed by atoms with Gasteiger partial charge in [-0.3, -0.25) is 4.79 Å². The number of rotatable bonds is 5. The lowest BCUT2D eigenvalue weighted by atomic mass is 9.50.